The third-order valence-electron chi connectivity index (χ3n) is 4.40. The highest BCUT2D eigenvalue weighted by molar-refractivity contribution is 7.85. The van der Waals surface area contributed by atoms with Crippen LogP contribution in [-0.4, -0.2) is 20.9 Å². The third kappa shape index (κ3) is 3.05. The molecule has 24 heavy (non-hydrogen) atoms. The first-order chi connectivity index (χ1) is 11.6. The Bertz CT molecular complexity index is 840. The van der Waals surface area contributed by atoms with Gasteiger partial charge in [0, 0.05) is 17.2 Å². The standard InChI is InChI=1S/C17H15Cl2NO3S/c18-13-6-5-11(17(14(13)19)24(22)8-9-1-2-9)15(21)12-7-20-23-16(12)10-3-4-10/h5-7,9-10H,1-4,8H2. The Morgan fingerprint density at radius 1 is 1.21 bits per heavy atom. The molecule has 0 radical (unpaired) electrons. The summed E-state index contributed by atoms with van der Waals surface area (Å²) in [6.07, 6.45) is 5.58. The zero-order chi connectivity index (χ0) is 16.8. The van der Waals surface area contributed by atoms with Gasteiger partial charge in [0.2, 0.25) is 0 Å². The normalized spacial score (nSPS) is 18.6. The van der Waals surface area contributed by atoms with Crippen molar-refractivity contribution < 1.29 is 13.5 Å². The number of hydrogen-bond donors (Lipinski definition) is 0. The number of benzene rings is 1. The van der Waals surface area contributed by atoms with Crippen molar-refractivity contribution in [1.29, 1.82) is 0 Å². The molecule has 126 valence electrons. The molecule has 1 aromatic heterocycles. The van der Waals surface area contributed by atoms with E-state index in [2.05, 4.69) is 5.16 Å². The van der Waals surface area contributed by atoms with Gasteiger partial charge < -0.3 is 4.52 Å². The SMILES string of the molecule is O=C(c1cnoc1C1CC1)c1ccc(Cl)c(Cl)c1S(=O)CC1CC1. The van der Waals surface area contributed by atoms with E-state index < -0.39 is 10.8 Å². The van der Waals surface area contributed by atoms with Crippen molar-refractivity contribution in [3.8, 4) is 0 Å². The highest BCUT2D eigenvalue weighted by Crippen LogP contribution is 2.43. The van der Waals surface area contributed by atoms with Crippen molar-refractivity contribution in [1.82, 2.24) is 5.16 Å². The summed E-state index contributed by atoms with van der Waals surface area (Å²) in [5, 5.41) is 4.28. The van der Waals surface area contributed by atoms with E-state index >= 15 is 0 Å². The van der Waals surface area contributed by atoms with E-state index in [1.807, 2.05) is 0 Å². The molecular formula is C17H15Cl2NO3S. The van der Waals surface area contributed by atoms with Crippen LogP contribution in [0.2, 0.25) is 10.0 Å². The molecule has 0 spiro atoms. The van der Waals surface area contributed by atoms with Crippen molar-refractivity contribution in [2.75, 3.05) is 5.75 Å². The van der Waals surface area contributed by atoms with Gasteiger partial charge in [-0.3, -0.25) is 9.00 Å². The fourth-order valence-corrected chi connectivity index (χ4v) is 5.00. The molecule has 2 saturated carbocycles. The van der Waals surface area contributed by atoms with Gasteiger partial charge in [-0.05, 0) is 43.7 Å². The minimum atomic E-state index is -1.36. The monoisotopic (exact) mass is 383 g/mol. The van der Waals surface area contributed by atoms with Gasteiger partial charge >= 0.3 is 0 Å². The van der Waals surface area contributed by atoms with E-state index in [0.717, 1.165) is 25.7 Å². The molecular weight excluding hydrogens is 369 g/mol. The van der Waals surface area contributed by atoms with Gasteiger partial charge in [-0.15, -0.1) is 0 Å². The quantitative estimate of drug-likeness (QED) is 0.683. The molecule has 2 aliphatic carbocycles. The van der Waals surface area contributed by atoms with Gasteiger partial charge in [-0.2, -0.15) is 0 Å². The zero-order valence-corrected chi connectivity index (χ0v) is 15.1. The Morgan fingerprint density at radius 3 is 2.62 bits per heavy atom. The van der Waals surface area contributed by atoms with Gasteiger partial charge in [0.1, 0.15) is 0 Å². The van der Waals surface area contributed by atoms with E-state index in [1.54, 1.807) is 12.1 Å². The lowest BCUT2D eigenvalue weighted by Gasteiger charge is -2.11. The van der Waals surface area contributed by atoms with Crippen molar-refractivity contribution in [2.24, 2.45) is 5.92 Å². The Kier molecular flexibility index (Phi) is 4.27. The summed E-state index contributed by atoms with van der Waals surface area (Å²) >= 11 is 12.4. The minimum absolute atomic E-state index is 0.200. The molecule has 0 saturated heterocycles. The van der Waals surface area contributed by atoms with Crippen molar-refractivity contribution >= 4 is 39.8 Å². The van der Waals surface area contributed by atoms with Crippen LogP contribution in [0.4, 0.5) is 0 Å². The number of halogens is 2. The molecule has 1 heterocycles. The smallest absolute Gasteiger partial charge is 0.199 e. The zero-order valence-electron chi connectivity index (χ0n) is 12.8. The molecule has 7 heteroatoms. The molecule has 2 aliphatic rings. The first kappa shape index (κ1) is 16.3. The molecule has 0 amide bonds. The maximum atomic E-state index is 13.0. The van der Waals surface area contributed by atoms with Gasteiger partial charge in [0.05, 0.1) is 37.5 Å². The van der Waals surface area contributed by atoms with Gasteiger partial charge in [0.25, 0.3) is 0 Å². The Labute approximate surface area is 152 Å². The van der Waals surface area contributed by atoms with Crippen LogP contribution in [0, 0.1) is 5.92 Å². The topological polar surface area (TPSA) is 60.2 Å². The molecule has 0 bridgehead atoms. The molecule has 2 aromatic rings. The van der Waals surface area contributed by atoms with Crippen molar-refractivity contribution in [3.63, 3.8) is 0 Å². The van der Waals surface area contributed by atoms with Crippen LogP contribution in [0.15, 0.2) is 27.7 Å². The van der Waals surface area contributed by atoms with Gasteiger partial charge in [-0.1, -0.05) is 28.4 Å². The van der Waals surface area contributed by atoms with E-state index in [0.29, 0.717) is 38.5 Å². The maximum Gasteiger partial charge on any atom is 0.199 e. The number of carbonyl (C=O) groups excluding carboxylic acids is 1. The van der Waals surface area contributed by atoms with Crippen LogP contribution in [0.5, 0.6) is 0 Å². The lowest BCUT2D eigenvalue weighted by Crippen LogP contribution is -2.11. The molecule has 4 nitrogen and oxygen atoms in total. The lowest BCUT2D eigenvalue weighted by molar-refractivity contribution is 0.103. The second kappa shape index (κ2) is 6.28. The van der Waals surface area contributed by atoms with Gasteiger partial charge in [-0.25, -0.2) is 0 Å². The maximum absolute atomic E-state index is 13.0. The van der Waals surface area contributed by atoms with Crippen LogP contribution < -0.4 is 0 Å². The van der Waals surface area contributed by atoms with E-state index in [-0.39, 0.29) is 16.7 Å². The number of ketones is 1. The molecule has 1 atom stereocenters. The second-order valence-electron chi connectivity index (χ2n) is 6.40. The van der Waals surface area contributed by atoms with Crippen LogP contribution in [0.25, 0.3) is 0 Å². The number of aromatic nitrogens is 1. The number of nitrogens with zero attached hydrogens (tertiary/aromatic N) is 1. The molecule has 4 rings (SSSR count). The first-order valence-corrected chi connectivity index (χ1v) is 9.99. The lowest BCUT2D eigenvalue weighted by atomic mass is 10.0. The molecule has 0 aliphatic heterocycles. The summed E-state index contributed by atoms with van der Waals surface area (Å²) in [6, 6.07) is 3.17. The second-order valence-corrected chi connectivity index (χ2v) is 8.62. The predicted octanol–water partition coefficient (Wildman–Crippen LogP) is 4.61. The molecule has 1 unspecified atom stereocenters. The van der Waals surface area contributed by atoms with E-state index in [9.17, 15) is 9.00 Å². The fraction of sp³-hybridized carbons (Fsp3) is 0.412. The summed E-state index contributed by atoms with van der Waals surface area (Å²) in [4.78, 5) is 13.4. The summed E-state index contributed by atoms with van der Waals surface area (Å²) < 4.78 is 18.0. The van der Waals surface area contributed by atoms with Crippen LogP contribution >= 0.6 is 23.2 Å². The largest absolute Gasteiger partial charge is 0.360 e. The molecule has 0 N–H and O–H groups in total. The Morgan fingerprint density at radius 2 is 1.96 bits per heavy atom. The number of carbonyl (C=O) groups is 1. The van der Waals surface area contributed by atoms with Crippen LogP contribution in [0.1, 0.15) is 53.3 Å². The Balaban J connectivity index is 1.76. The van der Waals surface area contributed by atoms with Gasteiger partial charge in [0.15, 0.2) is 11.5 Å². The summed E-state index contributed by atoms with van der Waals surface area (Å²) in [7, 11) is -1.36. The average molecular weight is 384 g/mol. The molecule has 1 aromatic carbocycles. The highest BCUT2D eigenvalue weighted by atomic mass is 35.5. The van der Waals surface area contributed by atoms with E-state index in [4.69, 9.17) is 27.7 Å². The van der Waals surface area contributed by atoms with Crippen molar-refractivity contribution in [2.45, 2.75) is 36.5 Å². The summed E-state index contributed by atoms with van der Waals surface area (Å²) in [5.74, 6) is 1.58. The Hall–Kier alpha value is -1.17. The number of rotatable bonds is 6. The summed E-state index contributed by atoms with van der Waals surface area (Å²) in [5.41, 5.74) is 0.758. The number of hydrogen-bond acceptors (Lipinski definition) is 4. The molecule has 2 fully saturated rings. The average Bonchev–Trinajstić information content (AvgIpc) is 3.49. The van der Waals surface area contributed by atoms with Crippen LogP contribution in [-0.2, 0) is 10.8 Å². The minimum Gasteiger partial charge on any atom is -0.360 e. The predicted molar refractivity (Wildman–Crippen MR) is 92.4 cm³/mol. The third-order valence-corrected chi connectivity index (χ3v) is 6.97. The fourth-order valence-electron chi connectivity index (χ4n) is 2.72. The van der Waals surface area contributed by atoms with E-state index in [1.165, 1.54) is 6.20 Å². The first-order valence-electron chi connectivity index (χ1n) is 7.92. The highest BCUT2D eigenvalue weighted by Gasteiger charge is 2.34. The van der Waals surface area contributed by atoms with Crippen molar-refractivity contribution in [3.05, 3.63) is 45.3 Å². The van der Waals surface area contributed by atoms with Crippen LogP contribution in [0.3, 0.4) is 0 Å². The summed E-state index contributed by atoms with van der Waals surface area (Å²) in [6.45, 7) is 0.